The molecule has 1 fully saturated rings. The number of nitrogens with one attached hydrogen (secondary N) is 1. The zero-order valence-electron chi connectivity index (χ0n) is 15.0. The van der Waals surface area contributed by atoms with Gasteiger partial charge in [-0.3, -0.25) is 9.36 Å². The number of thiophene rings is 1. The van der Waals surface area contributed by atoms with E-state index in [9.17, 15) is 9.59 Å². The van der Waals surface area contributed by atoms with E-state index in [-0.39, 0.29) is 23.4 Å². The summed E-state index contributed by atoms with van der Waals surface area (Å²) in [4.78, 5) is 26.1. The van der Waals surface area contributed by atoms with E-state index in [0.29, 0.717) is 24.5 Å². The molecule has 8 heteroatoms. The number of amides is 1. The molecule has 1 aliphatic rings. The zero-order chi connectivity index (χ0) is 19.1. The Hall–Kier alpha value is -3.13. The van der Waals surface area contributed by atoms with Crippen molar-refractivity contribution in [2.45, 2.75) is 25.4 Å². The summed E-state index contributed by atoms with van der Waals surface area (Å²) >= 11 is 1.57. The van der Waals surface area contributed by atoms with Gasteiger partial charge in [-0.1, -0.05) is 24.3 Å². The standard InChI is InChI=1S/C20H18N4O3S/c25-19(16-12-13-4-1-2-5-15(13)27-16)21-9-10-23-20(26)24(14-7-8-14)18(22-23)17-6-3-11-28-17/h1-6,11-12,14H,7-10H2,(H,21,25). The molecule has 28 heavy (non-hydrogen) atoms. The second-order valence-electron chi connectivity index (χ2n) is 6.81. The van der Waals surface area contributed by atoms with Gasteiger partial charge < -0.3 is 9.73 Å². The highest BCUT2D eigenvalue weighted by atomic mass is 32.1. The maximum atomic E-state index is 12.8. The molecular weight excluding hydrogens is 376 g/mol. The molecule has 1 N–H and O–H groups in total. The lowest BCUT2D eigenvalue weighted by Gasteiger charge is -2.02. The van der Waals surface area contributed by atoms with Crippen molar-refractivity contribution in [1.82, 2.24) is 19.7 Å². The van der Waals surface area contributed by atoms with Gasteiger partial charge in [0.25, 0.3) is 5.91 Å². The summed E-state index contributed by atoms with van der Waals surface area (Å²) in [6, 6.07) is 13.4. The molecule has 0 spiro atoms. The molecule has 3 aromatic heterocycles. The number of furan rings is 1. The largest absolute Gasteiger partial charge is 0.451 e. The number of rotatable bonds is 6. The van der Waals surface area contributed by atoms with Gasteiger partial charge in [-0.25, -0.2) is 9.48 Å². The van der Waals surface area contributed by atoms with Crippen LogP contribution in [0.2, 0.25) is 0 Å². The van der Waals surface area contributed by atoms with E-state index in [4.69, 9.17) is 4.42 Å². The molecule has 0 saturated heterocycles. The average molecular weight is 394 g/mol. The van der Waals surface area contributed by atoms with Crippen molar-refractivity contribution < 1.29 is 9.21 Å². The number of carbonyl (C=O) groups excluding carboxylic acids is 1. The Balaban J connectivity index is 1.31. The maximum absolute atomic E-state index is 12.8. The number of carbonyl (C=O) groups is 1. The lowest BCUT2D eigenvalue weighted by Crippen LogP contribution is -2.32. The van der Waals surface area contributed by atoms with Crippen LogP contribution in [0, 0.1) is 0 Å². The molecule has 4 aromatic rings. The Morgan fingerprint density at radius 1 is 1.25 bits per heavy atom. The predicted molar refractivity (Wildman–Crippen MR) is 107 cm³/mol. The van der Waals surface area contributed by atoms with Crippen molar-refractivity contribution >= 4 is 28.2 Å². The van der Waals surface area contributed by atoms with E-state index in [1.54, 1.807) is 22.0 Å². The highest BCUT2D eigenvalue weighted by molar-refractivity contribution is 7.13. The number of benzene rings is 1. The van der Waals surface area contributed by atoms with E-state index in [1.807, 2.05) is 41.8 Å². The Morgan fingerprint density at radius 2 is 2.11 bits per heavy atom. The predicted octanol–water partition coefficient (Wildman–Crippen LogP) is 3.28. The van der Waals surface area contributed by atoms with Gasteiger partial charge in [0, 0.05) is 18.0 Å². The van der Waals surface area contributed by atoms with Crippen LogP contribution in [0.25, 0.3) is 21.7 Å². The second-order valence-corrected chi connectivity index (χ2v) is 7.76. The lowest BCUT2D eigenvalue weighted by atomic mass is 10.2. The first kappa shape index (κ1) is 17.0. The van der Waals surface area contributed by atoms with Crippen molar-refractivity contribution in [3.8, 4) is 10.7 Å². The Morgan fingerprint density at radius 3 is 2.86 bits per heavy atom. The fraction of sp³-hybridized carbons (Fsp3) is 0.250. The molecule has 0 bridgehead atoms. The topological polar surface area (TPSA) is 82.1 Å². The van der Waals surface area contributed by atoms with Gasteiger partial charge in [0.05, 0.1) is 11.4 Å². The SMILES string of the molecule is O=C(NCCn1nc(-c2cccs2)n(C2CC2)c1=O)c1cc2ccccc2o1. The molecule has 0 atom stereocenters. The highest BCUT2D eigenvalue weighted by Gasteiger charge is 2.30. The Bertz CT molecular complexity index is 1160. The summed E-state index contributed by atoms with van der Waals surface area (Å²) in [7, 11) is 0. The van der Waals surface area contributed by atoms with E-state index < -0.39 is 0 Å². The smallest absolute Gasteiger partial charge is 0.346 e. The van der Waals surface area contributed by atoms with Crippen molar-refractivity contribution in [3.05, 3.63) is 64.1 Å². The minimum Gasteiger partial charge on any atom is -0.451 e. The first-order valence-corrected chi connectivity index (χ1v) is 10.1. The monoisotopic (exact) mass is 394 g/mol. The first-order chi connectivity index (χ1) is 13.7. The molecular formula is C20H18N4O3S. The van der Waals surface area contributed by atoms with Gasteiger partial charge in [-0.15, -0.1) is 16.4 Å². The summed E-state index contributed by atoms with van der Waals surface area (Å²) in [6.07, 6.45) is 2.01. The third-order valence-corrected chi connectivity index (χ3v) is 5.65. The minimum absolute atomic E-state index is 0.121. The van der Waals surface area contributed by atoms with Crippen molar-refractivity contribution in [1.29, 1.82) is 0 Å². The van der Waals surface area contributed by atoms with Crippen LogP contribution in [0.1, 0.15) is 29.4 Å². The molecule has 1 saturated carbocycles. The summed E-state index contributed by atoms with van der Waals surface area (Å²) < 4.78 is 8.79. The maximum Gasteiger partial charge on any atom is 0.346 e. The molecule has 1 amide bonds. The van der Waals surface area contributed by atoms with Gasteiger partial charge in [0.2, 0.25) is 0 Å². The summed E-state index contributed by atoms with van der Waals surface area (Å²) in [5, 5.41) is 10.2. The average Bonchev–Trinajstić information content (AvgIpc) is 3.11. The fourth-order valence-electron chi connectivity index (χ4n) is 3.26. The number of fused-ring (bicyclic) bond motifs is 1. The fourth-order valence-corrected chi connectivity index (χ4v) is 3.96. The number of para-hydroxylation sites is 1. The lowest BCUT2D eigenvalue weighted by molar-refractivity contribution is 0.0926. The first-order valence-electron chi connectivity index (χ1n) is 9.21. The summed E-state index contributed by atoms with van der Waals surface area (Å²) in [6.45, 7) is 0.601. The number of hydrogen-bond acceptors (Lipinski definition) is 5. The van der Waals surface area contributed by atoms with Crippen LogP contribution in [-0.4, -0.2) is 26.8 Å². The van der Waals surface area contributed by atoms with Crippen LogP contribution in [-0.2, 0) is 6.54 Å². The number of hydrogen-bond donors (Lipinski definition) is 1. The van der Waals surface area contributed by atoms with Gasteiger partial charge in [-0.2, -0.15) is 0 Å². The van der Waals surface area contributed by atoms with Crippen molar-refractivity contribution in [2.75, 3.05) is 6.54 Å². The molecule has 1 aromatic carbocycles. The van der Waals surface area contributed by atoms with Gasteiger partial charge >= 0.3 is 5.69 Å². The van der Waals surface area contributed by atoms with Gasteiger partial charge in [0.15, 0.2) is 11.6 Å². The highest BCUT2D eigenvalue weighted by Crippen LogP contribution is 2.37. The third kappa shape index (κ3) is 3.05. The molecule has 5 rings (SSSR count). The Kier molecular flexibility index (Phi) is 4.12. The Labute approximate surface area is 164 Å². The van der Waals surface area contributed by atoms with Crippen LogP contribution in [0.4, 0.5) is 0 Å². The molecule has 3 heterocycles. The minimum atomic E-state index is -0.302. The quantitative estimate of drug-likeness (QED) is 0.544. The van der Waals surface area contributed by atoms with E-state index >= 15 is 0 Å². The zero-order valence-corrected chi connectivity index (χ0v) is 15.8. The van der Waals surface area contributed by atoms with Crippen molar-refractivity contribution in [2.24, 2.45) is 0 Å². The van der Waals surface area contributed by atoms with Crippen LogP contribution in [0.5, 0.6) is 0 Å². The summed E-state index contributed by atoms with van der Waals surface area (Å²) in [5.74, 6) is 0.673. The molecule has 7 nitrogen and oxygen atoms in total. The van der Waals surface area contributed by atoms with E-state index in [0.717, 1.165) is 23.1 Å². The van der Waals surface area contributed by atoms with Crippen LogP contribution in [0.15, 0.2) is 57.1 Å². The second kappa shape index (κ2) is 6.79. The van der Waals surface area contributed by atoms with Crippen LogP contribution >= 0.6 is 11.3 Å². The normalized spacial score (nSPS) is 13.9. The van der Waals surface area contributed by atoms with E-state index in [2.05, 4.69) is 10.4 Å². The van der Waals surface area contributed by atoms with Crippen LogP contribution in [0.3, 0.4) is 0 Å². The van der Waals surface area contributed by atoms with Gasteiger partial charge in [-0.05, 0) is 36.4 Å². The molecule has 0 radical (unpaired) electrons. The summed E-state index contributed by atoms with van der Waals surface area (Å²) in [5.41, 5.74) is 0.552. The van der Waals surface area contributed by atoms with E-state index in [1.165, 1.54) is 4.68 Å². The molecule has 142 valence electrons. The number of aromatic nitrogens is 3. The van der Waals surface area contributed by atoms with Gasteiger partial charge in [0.1, 0.15) is 5.58 Å². The van der Waals surface area contributed by atoms with Crippen LogP contribution < -0.4 is 11.0 Å². The third-order valence-electron chi connectivity index (χ3n) is 4.78. The van der Waals surface area contributed by atoms with Crippen molar-refractivity contribution in [3.63, 3.8) is 0 Å². The molecule has 1 aliphatic carbocycles. The molecule has 0 aliphatic heterocycles. The number of nitrogens with zero attached hydrogens (tertiary/aromatic N) is 3. The molecule has 0 unspecified atom stereocenters.